The summed E-state index contributed by atoms with van der Waals surface area (Å²) in [6.45, 7) is 10.7. The van der Waals surface area contributed by atoms with Crippen molar-refractivity contribution in [2.24, 2.45) is 5.41 Å². The first-order chi connectivity index (χ1) is 7.78. The van der Waals surface area contributed by atoms with Crippen molar-refractivity contribution in [2.45, 2.75) is 53.0 Å². The molecule has 1 aliphatic rings. The Morgan fingerprint density at radius 2 is 2.00 bits per heavy atom. The molecule has 0 aromatic carbocycles. The van der Waals surface area contributed by atoms with E-state index in [0.29, 0.717) is 6.42 Å². The third-order valence-corrected chi connectivity index (χ3v) is 4.21. The van der Waals surface area contributed by atoms with Crippen LogP contribution in [0.1, 0.15) is 44.1 Å². The lowest BCUT2D eigenvalue weighted by molar-refractivity contribution is -0.141. The Kier molecular flexibility index (Phi) is 2.39. The van der Waals surface area contributed by atoms with Crippen LogP contribution in [0.4, 0.5) is 0 Å². The highest BCUT2D eigenvalue weighted by atomic mass is 16.4. The topological polar surface area (TPSA) is 55.1 Å². The number of aliphatic carboxylic acids is 1. The second-order valence-electron chi connectivity index (χ2n) is 5.63. The van der Waals surface area contributed by atoms with Crippen LogP contribution >= 0.6 is 0 Å². The van der Waals surface area contributed by atoms with Crippen LogP contribution in [0.15, 0.2) is 0 Å². The number of carbonyl (C=O) groups is 1. The van der Waals surface area contributed by atoms with Crippen LogP contribution in [0, 0.1) is 19.3 Å². The molecule has 1 unspecified atom stereocenters. The molecule has 4 nitrogen and oxygen atoms in total. The monoisotopic (exact) mass is 236 g/mol. The summed E-state index contributed by atoms with van der Waals surface area (Å²) in [6, 6.07) is 0. The van der Waals surface area contributed by atoms with Gasteiger partial charge in [-0.25, -0.2) is 0 Å². The molecule has 0 bridgehead atoms. The van der Waals surface area contributed by atoms with Crippen molar-refractivity contribution >= 4 is 5.97 Å². The number of rotatable bonds is 3. The van der Waals surface area contributed by atoms with Gasteiger partial charge in [0.05, 0.1) is 5.69 Å². The molecule has 1 aromatic rings. The Hall–Kier alpha value is -1.32. The van der Waals surface area contributed by atoms with Crippen LogP contribution in [0.3, 0.4) is 0 Å². The third-order valence-electron chi connectivity index (χ3n) is 4.21. The number of carboxylic acids is 1. The van der Waals surface area contributed by atoms with Gasteiger partial charge in [0, 0.05) is 17.8 Å². The Morgan fingerprint density at radius 1 is 1.47 bits per heavy atom. The molecule has 0 aliphatic heterocycles. The van der Waals surface area contributed by atoms with E-state index in [1.807, 2.05) is 39.3 Å². The van der Waals surface area contributed by atoms with Gasteiger partial charge in [0.15, 0.2) is 0 Å². The van der Waals surface area contributed by atoms with Crippen molar-refractivity contribution in [3.8, 4) is 0 Å². The van der Waals surface area contributed by atoms with E-state index in [4.69, 9.17) is 0 Å². The molecule has 0 amide bonds. The van der Waals surface area contributed by atoms with E-state index in [1.54, 1.807) is 0 Å². The van der Waals surface area contributed by atoms with Gasteiger partial charge in [-0.2, -0.15) is 5.10 Å². The molecular weight excluding hydrogens is 216 g/mol. The van der Waals surface area contributed by atoms with Crippen LogP contribution < -0.4 is 0 Å². The maximum atomic E-state index is 11.7. The molecule has 0 spiro atoms. The lowest BCUT2D eigenvalue weighted by Crippen LogP contribution is -2.27. The van der Waals surface area contributed by atoms with E-state index in [1.165, 1.54) is 0 Å². The second-order valence-corrected chi connectivity index (χ2v) is 5.63. The molecule has 2 rings (SSSR count). The van der Waals surface area contributed by atoms with Gasteiger partial charge in [-0.3, -0.25) is 9.48 Å². The van der Waals surface area contributed by atoms with E-state index in [0.717, 1.165) is 23.5 Å². The zero-order chi connectivity index (χ0) is 13.0. The maximum absolute atomic E-state index is 11.7. The van der Waals surface area contributed by atoms with Crippen LogP contribution in [-0.2, 0) is 16.8 Å². The Bertz CT molecular complexity index is 488. The summed E-state index contributed by atoms with van der Waals surface area (Å²) in [5, 5.41) is 14.0. The van der Waals surface area contributed by atoms with Crippen molar-refractivity contribution in [1.29, 1.82) is 0 Å². The molecule has 1 saturated carbocycles. The summed E-state index contributed by atoms with van der Waals surface area (Å²) in [7, 11) is 0. The largest absolute Gasteiger partial charge is 0.481 e. The van der Waals surface area contributed by atoms with E-state index in [9.17, 15) is 9.90 Å². The van der Waals surface area contributed by atoms with Gasteiger partial charge in [-0.1, -0.05) is 13.8 Å². The molecule has 94 valence electrons. The van der Waals surface area contributed by atoms with E-state index >= 15 is 0 Å². The first-order valence-electron chi connectivity index (χ1n) is 6.06. The van der Waals surface area contributed by atoms with Gasteiger partial charge in [-0.15, -0.1) is 0 Å². The fourth-order valence-electron chi connectivity index (χ4n) is 3.14. The summed E-state index contributed by atoms with van der Waals surface area (Å²) in [5.41, 5.74) is 1.89. The average Bonchev–Trinajstić information content (AvgIpc) is 2.66. The first-order valence-corrected chi connectivity index (χ1v) is 6.06. The van der Waals surface area contributed by atoms with Crippen molar-refractivity contribution in [3.63, 3.8) is 0 Å². The molecule has 1 heterocycles. The standard InChI is InChI=1S/C13H20N2O2/c1-6-15-9(3)10(8(2)14-15)13(11(16)17)7-12(13,4)5/h6-7H2,1-5H3,(H,16,17). The van der Waals surface area contributed by atoms with Crippen LogP contribution in [0.5, 0.6) is 0 Å². The number of aryl methyl sites for hydroxylation is 2. The predicted molar refractivity (Wildman–Crippen MR) is 65.1 cm³/mol. The van der Waals surface area contributed by atoms with Crippen LogP contribution in [0.25, 0.3) is 0 Å². The summed E-state index contributed by atoms with van der Waals surface area (Å²) in [5.74, 6) is -0.718. The predicted octanol–water partition coefficient (Wildman–Crippen LogP) is 2.27. The summed E-state index contributed by atoms with van der Waals surface area (Å²) in [6.07, 6.45) is 0.701. The number of hydrogen-bond acceptors (Lipinski definition) is 2. The number of hydrogen-bond donors (Lipinski definition) is 1. The van der Waals surface area contributed by atoms with Gasteiger partial charge in [0.25, 0.3) is 0 Å². The Balaban J connectivity index is 2.62. The van der Waals surface area contributed by atoms with Crippen molar-refractivity contribution in [3.05, 3.63) is 17.0 Å². The van der Waals surface area contributed by atoms with Gasteiger partial charge < -0.3 is 5.11 Å². The normalized spacial score (nSPS) is 25.9. The highest BCUT2D eigenvalue weighted by molar-refractivity contribution is 5.87. The summed E-state index contributed by atoms with van der Waals surface area (Å²) < 4.78 is 1.89. The molecule has 0 radical (unpaired) electrons. The highest BCUT2D eigenvalue weighted by Gasteiger charge is 2.69. The Labute approximate surface area is 102 Å². The molecule has 17 heavy (non-hydrogen) atoms. The molecule has 1 atom stereocenters. The third kappa shape index (κ3) is 1.36. The zero-order valence-electron chi connectivity index (χ0n) is 11.2. The zero-order valence-corrected chi connectivity index (χ0v) is 11.2. The molecular formula is C13H20N2O2. The minimum absolute atomic E-state index is 0.171. The fraction of sp³-hybridized carbons (Fsp3) is 0.692. The van der Waals surface area contributed by atoms with Crippen LogP contribution in [0.2, 0.25) is 0 Å². The molecule has 4 heteroatoms. The molecule has 1 N–H and O–H groups in total. The van der Waals surface area contributed by atoms with E-state index < -0.39 is 11.4 Å². The van der Waals surface area contributed by atoms with E-state index in [2.05, 4.69) is 5.10 Å². The minimum atomic E-state index is -0.728. The molecule has 0 saturated heterocycles. The fourth-order valence-corrected chi connectivity index (χ4v) is 3.14. The van der Waals surface area contributed by atoms with Gasteiger partial charge in [0.1, 0.15) is 5.41 Å². The highest BCUT2D eigenvalue weighted by Crippen LogP contribution is 2.65. The average molecular weight is 236 g/mol. The minimum Gasteiger partial charge on any atom is -0.481 e. The maximum Gasteiger partial charge on any atom is 0.314 e. The van der Waals surface area contributed by atoms with Crippen molar-refractivity contribution < 1.29 is 9.90 Å². The van der Waals surface area contributed by atoms with Gasteiger partial charge >= 0.3 is 5.97 Å². The Morgan fingerprint density at radius 3 is 2.29 bits per heavy atom. The van der Waals surface area contributed by atoms with Crippen molar-refractivity contribution in [1.82, 2.24) is 9.78 Å². The SMILES string of the molecule is CCn1nc(C)c(C2(C(=O)O)CC2(C)C)c1C. The first kappa shape index (κ1) is 12.1. The molecule has 1 fully saturated rings. The van der Waals surface area contributed by atoms with E-state index in [-0.39, 0.29) is 5.41 Å². The number of nitrogens with zero attached hydrogens (tertiary/aromatic N) is 2. The second kappa shape index (κ2) is 3.34. The number of aromatic nitrogens is 2. The van der Waals surface area contributed by atoms with Gasteiger partial charge in [-0.05, 0) is 32.6 Å². The van der Waals surface area contributed by atoms with Gasteiger partial charge in [0.2, 0.25) is 0 Å². The quantitative estimate of drug-likeness (QED) is 0.876. The molecule has 1 aromatic heterocycles. The lowest BCUT2D eigenvalue weighted by Gasteiger charge is -2.16. The molecule has 1 aliphatic carbocycles. The number of carboxylic acid groups (broad SMARTS) is 1. The van der Waals surface area contributed by atoms with Crippen molar-refractivity contribution in [2.75, 3.05) is 0 Å². The smallest absolute Gasteiger partial charge is 0.314 e. The summed E-state index contributed by atoms with van der Waals surface area (Å²) >= 11 is 0. The lowest BCUT2D eigenvalue weighted by atomic mass is 9.86. The summed E-state index contributed by atoms with van der Waals surface area (Å²) in [4.78, 5) is 11.7. The van der Waals surface area contributed by atoms with Crippen LogP contribution in [-0.4, -0.2) is 20.9 Å².